The minimum atomic E-state index is 0.511. The molecule has 0 amide bonds. The third-order valence-electron chi connectivity index (χ3n) is 9.17. The summed E-state index contributed by atoms with van der Waals surface area (Å²) in [5.41, 5.74) is 0. The van der Waals surface area contributed by atoms with E-state index in [9.17, 15) is 0 Å². The van der Waals surface area contributed by atoms with Gasteiger partial charge in [-0.2, -0.15) is 0 Å². The minimum Gasteiger partial charge on any atom is -0.122 e. The Morgan fingerprint density at radius 3 is 1.33 bits per heavy atom. The summed E-state index contributed by atoms with van der Waals surface area (Å²) in [4.78, 5) is 0. The van der Waals surface area contributed by atoms with Crippen LogP contribution in [-0.4, -0.2) is 10.8 Å². The fraction of sp³-hybridized carbons (Fsp3) is 1.00. The zero-order chi connectivity index (χ0) is 11.5. The summed E-state index contributed by atoms with van der Waals surface area (Å²) in [6, 6.07) is 0. The van der Waals surface area contributed by atoms with E-state index in [-0.39, 0.29) is 0 Å². The van der Waals surface area contributed by atoms with E-state index in [1.165, 1.54) is 12.8 Å². The molecule has 0 aromatic carbocycles. The number of halogens is 2. The first-order valence-electron chi connectivity index (χ1n) is 8.09. The highest BCUT2D eigenvalue weighted by molar-refractivity contribution is 6.23. The van der Waals surface area contributed by atoms with Gasteiger partial charge in [-0.25, -0.2) is 0 Å². The highest BCUT2D eigenvalue weighted by atomic mass is 35.5. The van der Waals surface area contributed by atoms with E-state index < -0.39 is 0 Å². The van der Waals surface area contributed by atoms with Crippen molar-refractivity contribution in [3.05, 3.63) is 0 Å². The third-order valence-corrected chi connectivity index (χ3v) is 10.3. The molecule has 2 unspecified atom stereocenters. The predicted molar refractivity (Wildman–Crippen MR) is 70.4 cm³/mol. The van der Waals surface area contributed by atoms with Crippen LogP contribution in [0, 0.1) is 71.0 Å². The Balaban J connectivity index is 1.58. The van der Waals surface area contributed by atoms with Crippen molar-refractivity contribution in [2.45, 2.75) is 23.6 Å². The summed E-state index contributed by atoms with van der Waals surface area (Å²) in [5.74, 6) is 11.9. The molecule has 0 heterocycles. The van der Waals surface area contributed by atoms with Crippen LogP contribution >= 0.6 is 23.2 Å². The lowest BCUT2D eigenvalue weighted by molar-refractivity contribution is 0.0287. The largest absolute Gasteiger partial charge is 0.122 e. The van der Waals surface area contributed by atoms with E-state index in [2.05, 4.69) is 0 Å². The molecule has 0 N–H and O–H groups in total. The smallest absolute Gasteiger partial charge is 0.0404 e. The summed E-state index contributed by atoms with van der Waals surface area (Å²) >= 11 is 13.9. The van der Waals surface area contributed by atoms with Crippen LogP contribution in [0.2, 0.25) is 0 Å². The number of hydrogen-bond acceptors (Lipinski definition) is 0. The van der Waals surface area contributed by atoms with Crippen LogP contribution in [-0.2, 0) is 0 Å². The summed E-state index contributed by atoms with van der Waals surface area (Å²) in [7, 11) is 0. The van der Waals surface area contributed by atoms with Gasteiger partial charge in [0, 0.05) is 10.8 Å². The Labute approximate surface area is 118 Å². The van der Waals surface area contributed by atoms with Crippen molar-refractivity contribution in [2.75, 3.05) is 0 Å². The van der Waals surface area contributed by atoms with E-state index in [0.29, 0.717) is 10.8 Å². The van der Waals surface area contributed by atoms with Gasteiger partial charge in [-0.1, -0.05) is 0 Å². The molecule has 0 aromatic rings. The van der Waals surface area contributed by atoms with E-state index in [1.54, 1.807) is 0 Å². The molecule has 0 spiro atoms. The van der Waals surface area contributed by atoms with E-state index in [4.69, 9.17) is 23.2 Å². The molecule has 96 valence electrons. The Kier molecular flexibility index (Phi) is 1.28. The van der Waals surface area contributed by atoms with Crippen LogP contribution in [0.15, 0.2) is 0 Å². The Hall–Kier alpha value is 0.580. The van der Waals surface area contributed by atoms with Crippen molar-refractivity contribution in [1.82, 2.24) is 0 Å². The molecule has 7 rings (SSSR count). The van der Waals surface area contributed by atoms with Crippen LogP contribution in [0.25, 0.3) is 0 Å². The van der Waals surface area contributed by atoms with Crippen molar-refractivity contribution in [3.8, 4) is 0 Å². The monoisotopic (exact) mass is 280 g/mol. The minimum absolute atomic E-state index is 0.511. The molecule has 0 aliphatic heterocycles. The number of alkyl halides is 2. The van der Waals surface area contributed by atoms with Gasteiger partial charge in [0.25, 0.3) is 0 Å². The van der Waals surface area contributed by atoms with E-state index in [1.807, 2.05) is 0 Å². The van der Waals surface area contributed by atoms with Gasteiger partial charge in [0.05, 0.1) is 0 Å². The zero-order valence-corrected chi connectivity index (χ0v) is 11.8. The molecule has 7 aliphatic rings. The lowest BCUT2D eigenvalue weighted by atomic mass is 9.60. The molecule has 14 atom stereocenters. The first-order valence-corrected chi connectivity index (χ1v) is 8.96. The maximum atomic E-state index is 6.97. The van der Waals surface area contributed by atoms with Crippen LogP contribution in [0.1, 0.15) is 12.8 Å². The molecule has 7 fully saturated rings. The quantitative estimate of drug-likeness (QED) is 0.596. The second kappa shape index (κ2) is 2.43. The average molecular weight is 281 g/mol. The van der Waals surface area contributed by atoms with Crippen molar-refractivity contribution in [2.24, 2.45) is 71.0 Å². The fourth-order valence-electron chi connectivity index (χ4n) is 9.60. The van der Waals surface area contributed by atoms with Crippen LogP contribution in [0.5, 0.6) is 0 Å². The van der Waals surface area contributed by atoms with Gasteiger partial charge in [-0.05, 0) is 83.9 Å². The number of rotatable bonds is 0. The molecule has 7 saturated carbocycles. The maximum Gasteiger partial charge on any atom is 0.0404 e. The molecule has 7 aliphatic carbocycles. The highest BCUT2D eigenvalue weighted by Gasteiger charge is 2.86. The number of hydrogen-bond donors (Lipinski definition) is 0. The van der Waals surface area contributed by atoms with Gasteiger partial charge in [0.15, 0.2) is 0 Å². The molecule has 0 bridgehead atoms. The topological polar surface area (TPSA) is 0 Å². The second-order valence-corrected chi connectivity index (χ2v) is 9.58. The summed E-state index contributed by atoms with van der Waals surface area (Å²) in [5, 5.41) is 1.02. The summed E-state index contributed by atoms with van der Waals surface area (Å²) < 4.78 is 0. The van der Waals surface area contributed by atoms with Gasteiger partial charge in [-0.3, -0.25) is 0 Å². The number of fused-ring (bicyclic) bond motifs is 3. The van der Waals surface area contributed by atoms with Crippen LogP contribution < -0.4 is 0 Å². The summed E-state index contributed by atoms with van der Waals surface area (Å²) in [6.07, 6.45) is 3.00. The molecule has 0 radical (unpaired) electrons. The van der Waals surface area contributed by atoms with Gasteiger partial charge in [-0.15, -0.1) is 23.2 Å². The third kappa shape index (κ3) is 0.605. The Bertz CT molecular complexity index is 431. The molecular formula is C16H18Cl2. The Morgan fingerprint density at radius 1 is 0.444 bits per heavy atom. The Morgan fingerprint density at radius 2 is 0.833 bits per heavy atom. The van der Waals surface area contributed by atoms with Crippen molar-refractivity contribution < 1.29 is 0 Å². The van der Waals surface area contributed by atoms with E-state index >= 15 is 0 Å². The van der Waals surface area contributed by atoms with Crippen LogP contribution in [0.4, 0.5) is 0 Å². The fourth-order valence-corrected chi connectivity index (χ4v) is 11.0. The molecule has 0 nitrogen and oxygen atoms in total. The lowest BCUT2D eigenvalue weighted by Crippen LogP contribution is -2.47. The van der Waals surface area contributed by atoms with Gasteiger partial charge in [0.2, 0.25) is 0 Å². The van der Waals surface area contributed by atoms with Gasteiger partial charge < -0.3 is 0 Å². The average Bonchev–Trinajstić information content (AvgIpc) is 2.98. The van der Waals surface area contributed by atoms with Crippen molar-refractivity contribution in [1.29, 1.82) is 0 Å². The molecular weight excluding hydrogens is 263 g/mol. The molecule has 18 heavy (non-hydrogen) atoms. The van der Waals surface area contributed by atoms with Crippen molar-refractivity contribution in [3.63, 3.8) is 0 Å². The van der Waals surface area contributed by atoms with E-state index in [0.717, 1.165) is 71.0 Å². The first kappa shape index (κ1) is 9.50. The van der Waals surface area contributed by atoms with Gasteiger partial charge in [0.1, 0.15) is 0 Å². The molecule has 2 heteroatoms. The normalized spacial score (nSPS) is 87.0. The zero-order valence-electron chi connectivity index (χ0n) is 10.3. The molecule has 0 aromatic heterocycles. The summed E-state index contributed by atoms with van der Waals surface area (Å²) in [6.45, 7) is 0. The lowest BCUT2D eigenvalue weighted by Gasteiger charge is -2.47. The predicted octanol–water partition coefficient (Wildman–Crippen LogP) is 3.47. The molecule has 0 saturated heterocycles. The highest BCUT2D eigenvalue weighted by Crippen LogP contribution is 2.88. The first-order chi connectivity index (χ1) is 8.80. The maximum absolute atomic E-state index is 6.97. The van der Waals surface area contributed by atoms with Crippen molar-refractivity contribution >= 4 is 23.2 Å². The van der Waals surface area contributed by atoms with Gasteiger partial charge >= 0.3 is 0 Å². The SMILES string of the molecule is Cl[C@@H]1[C@H]2[C@H]3[C@H](Cl)[C@H]4[C@@H]5C6C7[C@H]4CC[C@H]7[C@@H]1[C@@H]6[C@H]2[C@@H]53. The standard InChI is InChI=1S/C16H18Cl2/c17-15-6-3-1-2-4-5(3)8-9(6)11-12-10(8)7(4)16(18)14(12)13(11)15/h3-16H,1-2H2/t3-,4-,5?,6-,7-,8?,9-,10+,11-,12+,13+,14-,15-,16+/m1/s1. The van der Waals surface area contributed by atoms with Crippen LogP contribution in [0.3, 0.4) is 0 Å². The second-order valence-electron chi connectivity index (χ2n) is 8.57.